The Morgan fingerprint density at radius 2 is 2.14 bits per heavy atom. The van der Waals surface area contributed by atoms with Crippen LogP contribution in [-0.2, 0) is 4.79 Å². The van der Waals surface area contributed by atoms with Crippen LogP contribution in [0.4, 0.5) is 0 Å². The molecule has 21 heavy (non-hydrogen) atoms. The van der Waals surface area contributed by atoms with Gasteiger partial charge in [-0.15, -0.1) is 0 Å². The highest BCUT2D eigenvalue weighted by Gasteiger charge is 2.35. The van der Waals surface area contributed by atoms with Crippen LogP contribution in [0, 0.1) is 6.92 Å². The van der Waals surface area contributed by atoms with Crippen molar-refractivity contribution in [1.29, 1.82) is 0 Å². The molecular weight excluding hydrogens is 268 g/mol. The smallest absolute Gasteiger partial charge is 0.236 e. The van der Waals surface area contributed by atoms with E-state index in [4.69, 9.17) is 4.74 Å². The fourth-order valence-electron chi connectivity index (χ4n) is 2.56. The highest BCUT2D eigenvalue weighted by Crippen LogP contribution is 2.23. The summed E-state index contributed by atoms with van der Waals surface area (Å²) in [5, 5.41) is 13.5. The van der Waals surface area contributed by atoms with Crippen molar-refractivity contribution in [2.45, 2.75) is 25.4 Å². The number of amides is 1. The van der Waals surface area contributed by atoms with Gasteiger partial charge in [0.1, 0.15) is 18.0 Å². The number of aliphatic hydroxyl groups is 1. The van der Waals surface area contributed by atoms with Gasteiger partial charge in [0.15, 0.2) is 0 Å². The second-order valence-corrected chi connectivity index (χ2v) is 5.78. The molecule has 2 rings (SSSR count). The number of carbonyl (C=O) groups is 1. The quantitative estimate of drug-likeness (QED) is 0.848. The van der Waals surface area contributed by atoms with Gasteiger partial charge >= 0.3 is 0 Å². The molecule has 1 fully saturated rings. The number of nitrogens with zero attached hydrogens (tertiary/aromatic N) is 1. The lowest BCUT2D eigenvalue weighted by Gasteiger charge is -2.39. The number of aryl methyl sites for hydroxylation is 1. The number of rotatable bonds is 5. The molecule has 1 amide bonds. The van der Waals surface area contributed by atoms with Gasteiger partial charge in [-0.05, 0) is 38.9 Å². The second-order valence-electron chi connectivity index (χ2n) is 5.78. The van der Waals surface area contributed by atoms with E-state index in [0.29, 0.717) is 26.1 Å². The zero-order chi connectivity index (χ0) is 15.3. The number of hydrogen-bond acceptors (Lipinski definition) is 4. The Labute approximate surface area is 125 Å². The molecule has 5 heteroatoms. The van der Waals surface area contributed by atoms with Gasteiger partial charge in [0, 0.05) is 6.54 Å². The Morgan fingerprint density at radius 3 is 2.81 bits per heavy atom. The first-order valence-electron chi connectivity index (χ1n) is 7.37. The van der Waals surface area contributed by atoms with E-state index in [1.807, 2.05) is 31.2 Å². The van der Waals surface area contributed by atoms with Crippen LogP contribution < -0.4 is 10.1 Å². The van der Waals surface area contributed by atoms with E-state index in [0.717, 1.165) is 12.2 Å². The molecular formula is C16H24N2O3. The van der Waals surface area contributed by atoms with Crippen molar-refractivity contribution in [1.82, 2.24) is 10.2 Å². The van der Waals surface area contributed by atoms with Crippen molar-refractivity contribution < 1.29 is 14.6 Å². The summed E-state index contributed by atoms with van der Waals surface area (Å²) in [6, 6.07) is 7.74. The molecule has 1 aromatic carbocycles. The summed E-state index contributed by atoms with van der Waals surface area (Å²) in [5.41, 5.74) is 0.203. The third-order valence-electron chi connectivity index (χ3n) is 3.76. The Hall–Kier alpha value is -1.59. The third kappa shape index (κ3) is 4.44. The zero-order valence-corrected chi connectivity index (χ0v) is 12.8. The molecule has 2 N–H and O–H groups in total. The summed E-state index contributed by atoms with van der Waals surface area (Å²) in [4.78, 5) is 13.6. The minimum absolute atomic E-state index is 0.0194. The van der Waals surface area contributed by atoms with Gasteiger partial charge in [0.05, 0.1) is 13.1 Å². The fourth-order valence-corrected chi connectivity index (χ4v) is 2.56. The Bertz CT molecular complexity index is 475. The van der Waals surface area contributed by atoms with Crippen molar-refractivity contribution in [3.8, 4) is 5.75 Å². The predicted molar refractivity (Wildman–Crippen MR) is 81.4 cm³/mol. The summed E-state index contributed by atoms with van der Waals surface area (Å²) in [5.74, 6) is 0.763. The van der Waals surface area contributed by atoms with Crippen LogP contribution >= 0.6 is 0 Å². The molecule has 0 saturated carbocycles. The lowest BCUT2D eigenvalue weighted by Crippen LogP contribution is -2.54. The van der Waals surface area contributed by atoms with Crippen LogP contribution in [0.1, 0.15) is 18.4 Å². The summed E-state index contributed by atoms with van der Waals surface area (Å²) >= 11 is 0. The maximum atomic E-state index is 11.9. The lowest BCUT2D eigenvalue weighted by atomic mass is 9.93. The van der Waals surface area contributed by atoms with Crippen LogP contribution in [0.25, 0.3) is 0 Å². The molecule has 1 aromatic rings. The maximum absolute atomic E-state index is 11.9. The number of likely N-dealkylation sites (tertiary alicyclic amines) is 1. The minimum Gasteiger partial charge on any atom is -0.491 e. The highest BCUT2D eigenvalue weighted by atomic mass is 16.5. The molecule has 1 saturated heterocycles. The number of ether oxygens (including phenoxy) is 1. The molecule has 1 atom stereocenters. The minimum atomic E-state index is -0.966. The van der Waals surface area contributed by atoms with Crippen LogP contribution in [0.3, 0.4) is 0 Å². The highest BCUT2D eigenvalue weighted by molar-refractivity contribution is 5.78. The van der Waals surface area contributed by atoms with Gasteiger partial charge in [-0.3, -0.25) is 4.79 Å². The first-order valence-corrected chi connectivity index (χ1v) is 7.37. The summed E-state index contributed by atoms with van der Waals surface area (Å²) in [7, 11) is 1.74. The maximum Gasteiger partial charge on any atom is 0.236 e. The van der Waals surface area contributed by atoms with E-state index in [1.165, 1.54) is 5.56 Å². The molecule has 1 unspecified atom stereocenters. The number of carbonyl (C=O) groups excluding carboxylic acids is 1. The molecule has 1 heterocycles. The molecule has 1 aliphatic heterocycles. The first-order chi connectivity index (χ1) is 10.0. The van der Waals surface area contributed by atoms with Gasteiger partial charge < -0.3 is 20.1 Å². The summed E-state index contributed by atoms with van der Waals surface area (Å²) in [6.07, 6.45) is 1.45. The summed E-state index contributed by atoms with van der Waals surface area (Å²) < 4.78 is 5.69. The van der Waals surface area contributed by atoms with Crippen molar-refractivity contribution in [3.63, 3.8) is 0 Å². The van der Waals surface area contributed by atoms with Crippen molar-refractivity contribution in [3.05, 3.63) is 29.8 Å². The molecule has 0 spiro atoms. The molecule has 0 aromatic heterocycles. The van der Waals surface area contributed by atoms with Crippen molar-refractivity contribution in [2.24, 2.45) is 0 Å². The van der Waals surface area contributed by atoms with Gasteiger partial charge in [-0.2, -0.15) is 0 Å². The average Bonchev–Trinajstić information content (AvgIpc) is 2.47. The van der Waals surface area contributed by atoms with Gasteiger partial charge in [0.25, 0.3) is 0 Å². The first kappa shape index (κ1) is 15.8. The van der Waals surface area contributed by atoms with Crippen LogP contribution in [0.2, 0.25) is 0 Å². The van der Waals surface area contributed by atoms with Crippen LogP contribution in [0.5, 0.6) is 5.75 Å². The number of hydrogen-bond donors (Lipinski definition) is 2. The van der Waals surface area contributed by atoms with Crippen molar-refractivity contribution in [2.75, 3.05) is 33.3 Å². The second kappa shape index (κ2) is 6.91. The molecule has 0 radical (unpaired) electrons. The molecule has 5 nitrogen and oxygen atoms in total. The molecule has 116 valence electrons. The van der Waals surface area contributed by atoms with Crippen LogP contribution in [-0.4, -0.2) is 54.8 Å². The van der Waals surface area contributed by atoms with E-state index in [2.05, 4.69) is 5.32 Å². The average molecular weight is 292 g/mol. The van der Waals surface area contributed by atoms with Crippen LogP contribution in [0.15, 0.2) is 24.3 Å². The number of likely N-dealkylation sites (N-methyl/N-ethyl adjacent to an activating group) is 1. The monoisotopic (exact) mass is 292 g/mol. The zero-order valence-electron chi connectivity index (χ0n) is 12.8. The van der Waals surface area contributed by atoms with E-state index < -0.39 is 5.60 Å². The molecule has 0 bridgehead atoms. The van der Waals surface area contributed by atoms with Gasteiger partial charge in [0.2, 0.25) is 5.91 Å². The largest absolute Gasteiger partial charge is 0.491 e. The number of nitrogens with one attached hydrogen (secondary N) is 1. The lowest BCUT2D eigenvalue weighted by molar-refractivity contribution is -0.139. The number of benzene rings is 1. The van der Waals surface area contributed by atoms with E-state index in [1.54, 1.807) is 11.9 Å². The Morgan fingerprint density at radius 1 is 1.43 bits per heavy atom. The number of β-amino-alcohol motifs (C(OH)–C–C–N with tert-alkyl or cyclic N) is 1. The molecule has 1 aliphatic rings. The standard InChI is InChI=1S/C16H24N2O3/c1-13-4-6-14(7-5-13)21-12-16(20)8-3-9-18(11-16)15(19)10-17-2/h4-7,17,20H,3,8-12H2,1-2H3. The van der Waals surface area contributed by atoms with E-state index >= 15 is 0 Å². The Balaban J connectivity index is 1.91. The van der Waals surface area contributed by atoms with E-state index in [-0.39, 0.29) is 12.5 Å². The third-order valence-corrected chi connectivity index (χ3v) is 3.76. The van der Waals surface area contributed by atoms with Gasteiger partial charge in [-0.25, -0.2) is 0 Å². The predicted octanol–water partition coefficient (Wildman–Crippen LogP) is 0.947. The van der Waals surface area contributed by atoms with Crippen molar-refractivity contribution >= 4 is 5.91 Å². The SMILES string of the molecule is CNCC(=O)N1CCCC(O)(COc2ccc(C)cc2)C1. The fraction of sp³-hybridized carbons (Fsp3) is 0.562. The number of piperidine rings is 1. The summed E-state index contributed by atoms with van der Waals surface area (Å²) in [6.45, 7) is 3.56. The van der Waals surface area contributed by atoms with Gasteiger partial charge in [-0.1, -0.05) is 17.7 Å². The Kier molecular flexibility index (Phi) is 5.20. The molecule has 0 aliphatic carbocycles. The topological polar surface area (TPSA) is 61.8 Å². The van der Waals surface area contributed by atoms with E-state index in [9.17, 15) is 9.90 Å². The normalized spacial score (nSPS) is 22.1.